The van der Waals surface area contributed by atoms with Crippen molar-refractivity contribution in [3.63, 3.8) is 0 Å². The largest absolute Gasteiger partial charge is 0.384 e. The van der Waals surface area contributed by atoms with Crippen molar-refractivity contribution in [3.05, 3.63) is 35.4 Å². The summed E-state index contributed by atoms with van der Waals surface area (Å²) in [5.74, 6) is -1.38. The van der Waals surface area contributed by atoms with Crippen LogP contribution < -0.4 is 5.32 Å². The first-order valence-corrected chi connectivity index (χ1v) is 6.14. The van der Waals surface area contributed by atoms with Crippen molar-refractivity contribution in [1.82, 2.24) is 5.32 Å². The zero-order valence-electron chi connectivity index (χ0n) is 14.2. The SMILES string of the molecule is [2H]C([2H])([2H])OCC(CC(C)=O)C(=O)NCc1ccc(C)cc1. The number of hydrogen-bond acceptors (Lipinski definition) is 3. The Kier molecular flexibility index (Phi) is 4.52. The molecule has 0 heterocycles. The fourth-order valence-corrected chi connectivity index (χ4v) is 1.71. The molecule has 4 nitrogen and oxygen atoms in total. The molecule has 0 saturated heterocycles. The van der Waals surface area contributed by atoms with E-state index in [0.29, 0.717) is 6.54 Å². The Morgan fingerprint density at radius 3 is 2.63 bits per heavy atom. The van der Waals surface area contributed by atoms with Crippen LogP contribution in [0, 0.1) is 12.8 Å². The molecule has 0 fully saturated rings. The zero-order valence-corrected chi connectivity index (χ0v) is 11.2. The number of methoxy groups -OCH3 is 1. The molecular weight excluding hydrogens is 242 g/mol. The van der Waals surface area contributed by atoms with Crippen molar-refractivity contribution in [2.45, 2.75) is 26.8 Å². The van der Waals surface area contributed by atoms with E-state index in [9.17, 15) is 9.59 Å². The minimum atomic E-state index is -2.58. The maximum Gasteiger partial charge on any atom is 0.226 e. The quantitative estimate of drug-likeness (QED) is 0.819. The summed E-state index contributed by atoms with van der Waals surface area (Å²) in [7, 11) is -2.58. The number of hydrogen-bond donors (Lipinski definition) is 1. The van der Waals surface area contributed by atoms with Crippen LogP contribution in [-0.2, 0) is 20.9 Å². The van der Waals surface area contributed by atoms with Gasteiger partial charge in [0.25, 0.3) is 0 Å². The Morgan fingerprint density at radius 1 is 1.37 bits per heavy atom. The van der Waals surface area contributed by atoms with Crippen LogP contribution in [0.5, 0.6) is 0 Å². The van der Waals surface area contributed by atoms with E-state index in [4.69, 9.17) is 4.11 Å². The molecule has 1 aromatic carbocycles. The van der Waals surface area contributed by atoms with Gasteiger partial charge >= 0.3 is 0 Å². The predicted octanol–water partition coefficient (Wildman–Crippen LogP) is 1.85. The van der Waals surface area contributed by atoms with E-state index in [1.165, 1.54) is 6.92 Å². The van der Waals surface area contributed by atoms with Gasteiger partial charge in [-0.25, -0.2) is 0 Å². The Balaban J connectivity index is 2.58. The molecule has 1 unspecified atom stereocenters. The number of ether oxygens (including phenoxy) is 1. The van der Waals surface area contributed by atoms with Gasteiger partial charge in [0.1, 0.15) is 5.78 Å². The smallest absolute Gasteiger partial charge is 0.226 e. The third-order valence-electron chi connectivity index (χ3n) is 2.78. The summed E-state index contributed by atoms with van der Waals surface area (Å²) in [5, 5.41) is 2.71. The Bertz CT molecular complexity index is 512. The number of Topliss-reactive ketones (excluding diaryl/α,β-unsaturated/α-hetero) is 1. The van der Waals surface area contributed by atoms with Crippen molar-refractivity contribution in [2.24, 2.45) is 5.92 Å². The topological polar surface area (TPSA) is 55.4 Å². The van der Waals surface area contributed by atoms with E-state index in [1.807, 2.05) is 31.2 Å². The molecule has 104 valence electrons. The van der Waals surface area contributed by atoms with Gasteiger partial charge in [-0.2, -0.15) is 0 Å². The molecule has 19 heavy (non-hydrogen) atoms. The fourth-order valence-electron chi connectivity index (χ4n) is 1.71. The molecule has 4 heteroatoms. The van der Waals surface area contributed by atoms with Gasteiger partial charge in [0, 0.05) is 20.0 Å². The molecule has 0 saturated carbocycles. The first-order valence-electron chi connectivity index (χ1n) is 7.64. The molecule has 1 N–H and O–H groups in total. The lowest BCUT2D eigenvalue weighted by molar-refractivity contribution is -0.130. The van der Waals surface area contributed by atoms with Crippen molar-refractivity contribution >= 4 is 11.7 Å². The van der Waals surface area contributed by atoms with Gasteiger partial charge in [-0.05, 0) is 19.4 Å². The third kappa shape index (κ3) is 5.66. The summed E-state index contributed by atoms with van der Waals surface area (Å²) >= 11 is 0. The van der Waals surface area contributed by atoms with Gasteiger partial charge in [-0.15, -0.1) is 0 Å². The highest BCUT2D eigenvalue weighted by molar-refractivity contribution is 5.85. The number of amides is 1. The Hall–Kier alpha value is -1.68. The van der Waals surface area contributed by atoms with E-state index >= 15 is 0 Å². The van der Waals surface area contributed by atoms with Gasteiger partial charge in [0.15, 0.2) is 0 Å². The highest BCUT2D eigenvalue weighted by Gasteiger charge is 2.19. The maximum absolute atomic E-state index is 12.1. The number of carbonyl (C=O) groups is 2. The van der Waals surface area contributed by atoms with Crippen LogP contribution in [0.1, 0.15) is 28.6 Å². The number of rotatable bonds is 7. The highest BCUT2D eigenvalue weighted by atomic mass is 16.5. The molecule has 0 radical (unpaired) electrons. The van der Waals surface area contributed by atoms with Gasteiger partial charge in [0.05, 0.1) is 16.6 Å². The van der Waals surface area contributed by atoms with Crippen molar-refractivity contribution in [1.29, 1.82) is 0 Å². The van der Waals surface area contributed by atoms with Gasteiger partial charge in [-0.1, -0.05) is 29.8 Å². The Morgan fingerprint density at radius 2 is 2.05 bits per heavy atom. The highest BCUT2D eigenvalue weighted by Crippen LogP contribution is 2.07. The standard InChI is InChI=1S/C15H21NO3/c1-11-4-6-13(7-5-11)9-16-15(18)14(10-19-3)8-12(2)17/h4-7,14H,8-10H2,1-3H3,(H,16,18)/i3D3. The third-order valence-corrected chi connectivity index (χ3v) is 2.78. The minimum absolute atomic E-state index is 0.0458. The predicted molar refractivity (Wildman–Crippen MR) is 73.7 cm³/mol. The second-order valence-electron chi connectivity index (χ2n) is 4.62. The number of nitrogens with one attached hydrogen (secondary N) is 1. The summed E-state index contributed by atoms with van der Waals surface area (Å²) < 4.78 is 25.7. The lowest BCUT2D eigenvalue weighted by atomic mass is 10.0. The normalized spacial score (nSPS) is 14.9. The Labute approximate surface area is 118 Å². The van der Waals surface area contributed by atoms with E-state index in [1.54, 1.807) is 0 Å². The number of benzene rings is 1. The molecule has 1 aromatic rings. The number of carbonyl (C=O) groups excluding carboxylic acids is 2. The minimum Gasteiger partial charge on any atom is -0.384 e. The van der Waals surface area contributed by atoms with Crippen LogP contribution >= 0.6 is 0 Å². The summed E-state index contributed by atoms with van der Waals surface area (Å²) in [5.41, 5.74) is 2.05. The first-order chi connectivity index (χ1) is 10.2. The van der Waals surface area contributed by atoms with Crippen LogP contribution in [0.15, 0.2) is 24.3 Å². The number of ketones is 1. The summed E-state index contributed by atoms with van der Waals surface area (Å²) in [6.07, 6.45) is -0.0458. The molecule has 0 aliphatic carbocycles. The van der Waals surface area contributed by atoms with Crippen LogP contribution in [-0.4, -0.2) is 25.3 Å². The van der Waals surface area contributed by atoms with Crippen molar-refractivity contribution in [3.8, 4) is 0 Å². The van der Waals surface area contributed by atoms with Crippen LogP contribution in [0.3, 0.4) is 0 Å². The summed E-state index contributed by atoms with van der Waals surface area (Å²) in [4.78, 5) is 23.3. The first kappa shape index (κ1) is 11.2. The van der Waals surface area contributed by atoms with Crippen molar-refractivity contribution < 1.29 is 18.4 Å². The van der Waals surface area contributed by atoms with E-state index < -0.39 is 13.0 Å². The van der Waals surface area contributed by atoms with Gasteiger partial charge < -0.3 is 14.8 Å². The lowest BCUT2D eigenvalue weighted by Crippen LogP contribution is -2.33. The zero-order chi connectivity index (χ0) is 16.8. The molecule has 0 aromatic heterocycles. The van der Waals surface area contributed by atoms with Gasteiger partial charge in [0.2, 0.25) is 5.91 Å². The second-order valence-corrected chi connectivity index (χ2v) is 4.62. The monoisotopic (exact) mass is 266 g/mol. The molecule has 0 aliphatic heterocycles. The van der Waals surface area contributed by atoms with E-state index in [-0.39, 0.29) is 24.7 Å². The second kappa shape index (κ2) is 7.69. The summed E-state index contributed by atoms with van der Waals surface area (Å²) in [6.45, 7) is 3.34. The molecule has 0 spiro atoms. The van der Waals surface area contributed by atoms with Crippen LogP contribution in [0.4, 0.5) is 0 Å². The fraction of sp³-hybridized carbons (Fsp3) is 0.467. The summed E-state index contributed by atoms with van der Waals surface area (Å²) in [6, 6.07) is 7.67. The molecule has 0 bridgehead atoms. The average molecular weight is 266 g/mol. The van der Waals surface area contributed by atoms with Crippen LogP contribution in [0.2, 0.25) is 0 Å². The molecule has 1 atom stereocenters. The molecule has 0 aliphatic rings. The maximum atomic E-state index is 12.1. The molecule has 1 amide bonds. The molecule has 1 rings (SSSR count). The average Bonchev–Trinajstić information content (AvgIpc) is 2.41. The van der Waals surface area contributed by atoms with E-state index in [2.05, 4.69) is 10.1 Å². The van der Waals surface area contributed by atoms with Crippen LogP contribution in [0.25, 0.3) is 0 Å². The molecular formula is C15H21NO3. The number of aryl methyl sites for hydroxylation is 1. The lowest BCUT2D eigenvalue weighted by Gasteiger charge is -2.14. The van der Waals surface area contributed by atoms with Crippen molar-refractivity contribution in [2.75, 3.05) is 13.6 Å². The van der Waals surface area contributed by atoms with Gasteiger partial charge in [-0.3, -0.25) is 4.79 Å². The van der Waals surface area contributed by atoms with E-state index in [0.717, 1.165) is 11.1 Å².